The summed E-state index contributed by atoms with van der Waals surface area (Å²) in [5, 5.41) is 18.3. The van der Waals surface area contributed by atoms with E-state index in [4.69, 9.17) is 9.84 Å². The molecular weight excluding hydrogens is 458 g/mol. The average Bonchev–Trinajstić information content (AvgIpc) is 3.20. The van der Waals surface area contributed by atoms with Gasteiger partial charge in [-0.3, -0.25) is 10.1 Å². The molecule has 7 heteroatoms. The summed E-state index contributed by atoms with van der Waals surface area (Å²) in [5.74, 6) is 0.776. The van der Waals surface area contributed by atoms with Gasteiger partial charge in [0, 0.05) is 39.7 Å². The molecule has 0 saturated heterocycles. The lowest BCUT2D eigenvalue weighted by Gasteiger charge is -2.38. The molecule has 0 bridgehead atoms. The third kappa shape index (κ3) is 3.49. The molecule has 31 heavy (non-hydrogen) atoms. The number of benzene rings is 3. The second kappa shape index (κ2) is 7.50. The largest absolute Gasteiger partial charge is 0.464 e. The van der Waals surface area contributed by atoms with Crippen LogP contribution in [0.3, 0.4) is 0 Å². The maximum Gasteiger partial charge on any atom is 0.269 e. The van der Waals surface area contributed by atoms with Crippen LogP contribution in [0.25, 0.3) is 0 Å². The first-order valence-corrected chi connectivity index (χ1v) is 10.8. The van der Waals surface area contributed by atoms with Crippen molar-refractivity contribution in [1.82, 2.24) is 5.01 Å². The van der Waals surface area contributed by atoms with E-state index in [2.05, 4.69) is 54.0 Å². The van der Waals surface area contributed by atoms with E-state index < -0.39 is 6.23 Å². The minimum atomic E-state index is -0.541. The summed E-state index contributed by atoms with van der Waals surface area (Å²) in [6.07, 6.45) is 0.198. The van der Waals surface area contributed by atoms with E-state index in [9.17, 15) is 10.1 Å². The molecule has 0 N–H and O–H groups in total. The molecule has 2 heterocycles. The number of aryl methyl sites for hydroxylation is 2. The molecule has 2 aliphatic rings. The fraction of sp³-hybridized carbons (Fsp3) is 0.208. The summed E-state index contributed by atoms with van der Waals surface area (Å²) in [7, 11) is 0. The number of rotatable bonds is 3. The highest BCUT2D eigenvalue weighted by molar-refractivity contribution is 9.10. The quantitative estimate of drug-likeness (QED) is 0.331. The normalized spacial score (nSPS) is 19.3. The van der Waals surface area contributed by atoms with Gasteiger partial charge in [-0.05, 0) is 43.7 Å². The van der Waals surface area contributed by atoms with Crippen LogP contribution in [0, 0.1) is 24.0 Å². The number of nitro benzene ring substituents is 1. The Balaban J connectivity index is 1.63. The topological polar surface area (TPSA) is 68.0 Å². The first kappa shape index (κ1) is 19.8. The Bertz CT molecular complexity index is 1240. The number of fused-ring (bicyclic) bond motifs is 3. The SMILES string of the molecule is Cc1ccc(C)c(C2=NN3[C@H](C2)c2cc(Br)ccc2O[C@@H]3c2cccc([N+](=O)[O-])c2)c1. The van der Waals surface area contributed by atoms with Crippen LogP contribution >= 0.6 is 15.9 Å². The first-order chi connectivity index (χ1) is 14.9. The molecule has 3 aromatic carbocycles. The van der Waals surface area contributed by atoms with Gasteiger partial charge in [0.05, 0.1) is 16.7 Å². The van der Waals surface area contributed by atoms with Gasteiger partial charge in [-0.25, -0.2) is 5.01 Å². The molecule has 2 aliphatic heterocycles. The predicted octanol–water partition coefficient (Wildman–Crippen LogP) is 6.22. The van der Waals surface area contributed by atoms with Crippen LogP contribution in [0.1, 0.15) is 46.5 Å². The highest BCUT2D eigenvalue weighted by atomic mass is 79.9. The molecule has 0 aromatic heterocycles. The van der Waals surface area contributed by atoms with E-state index in [1.165, 1.54) is 17.2 Å². The van der Waals surface area contributed by atoms with Crippen molar-refractivity contribution in [3.8, 4) is 5.75 Å². The molecule has 0 saturated carbocycles. The number of hydrogen-bond acceptors (Lipinski definition) is 5. The maximum absolute atomic E-state index is 11.3. The van der Waals surface area contributed by atoms with Crippen LogP contribution in [0.2, 0.25) is 0 Å². The van der Waals surface area contributed by atoms with Crippen molar-refractivity contribution in [1.29, 1.82) is 0 Å². The third-order valence-electron chi connectivity index (χ3n) is 5.82. The Kier molecular flexibility index (Phi) is 4.78. The molecule has 3 aromatic rings. The van der Waals surface area contributed by atoms with Crippen LogP contribution < -0.4 is 4.74 Å². The van der Waals surface area contributed by atoms with E-state index >= 15 is 0 Å². The van der Waals surface area contributed by atoms with Crippen molar-refractivity contribution in [3.05, 3.63) is 103 Å². The zero-order valence-corrected chi connectivity index (χ0v) is 18.7. The van der Waals surface area contributed by atoms with E-state index in [0.717, 1.165) is 33.5 Å². The van der Waals surface area contributed by atoms with Gasteiger partial charge in [-0.15, -0.1) is 0 Å². The zero-order valence-electron chi connectivity index (χ0n) is 17.1. The number of hydrazone groups is 1. The summed E-state index contributed by atoms with van der Waals surface area (Å²) in [4.78, 5) is 10.9. The van der Waals surface area contributed by atoms with Gasteiger partial charge >= 0.3 is 0 Å². The number of nitro groups is 1. The highest BCUT2D eigenvalue weighted by Crippen LogP contribution is 2.48. The predicted molar refractivity (Wildman–Crippen MR) is 122 cm³/mol. The molecular formula is C24H20BrN3O3. The molecule has 156 valence electrons. The lowest BCUT2D eigenvalue weighted by atomic mass is 9.93. The van der Waals surface area contributed by atoms with Crippen LogP contribution in [0.4, 0.5) is 5.69 Å². The van der Waals surface area contributed by atoms with E-state index in [1.807, 2.05) is 23.2 Å². The summed E-state index contributed by atoms with van der Waals surface area (Å²) in [5.41, 5.74) is 6.28. The molecule has 0 aliphatic carbocycles. The maximum atomic E-state index is 11.3. The number of non-ortho nitro benzene ring substituents is 1. The van der Waals surface area contributed by atoms with Gasteiger partial charge in [-0.2, -0.15) is 5.10 Å². The number of nitrogens with zero attached hydrogens (tertiary/aromatic N) is 3. The summed E-state index contributed by atoms with van der Waals surface area (Å²) >= 11 is 3.57. The fourth-order valence-corrected chi connectivity index (χ4v) is 4.66. The van der Waals surface area contributed by atoms with E-state index in [0.29, 0.717) is 5.56 Å². The lowest BCUT2D eigenvalue weighted by Crippen LogP contribution is -2.33. The summed E-state index contributed by atoms with van der Waals surface area (Å²) in [6.45, 7) is 4.17. The molecule has 2 atom stereocenters. The van der Waals surface area contributed by atoms with Crippen molar-refractivity contribution in [2.24, 2.45) is 5.10 Å². The van der Waals surface area contributed by atoms with Crippen molar-refractivity contribution >= 4 is 27.3 Å². The van der Waals surface area contributed by atoms with Gasteiger partial charge in [0.15, 0.2) is 0 Å². The zero-order chi connectivity index (χ0) is 21.7. The Morgan fingerprint density at radius 1 is 1.13 bits per heavy atom. The Morgan fingerprint density at radius 3 is 2.77 bits per heavy atom. The standard InChI is InChI=1S/C24H20BrN3O3/c1-14-6-7-15(2)19(10-14)21-13-22-20-12-17(25)8-9-23(20)31-24(27(22)26-21)16-4-3-5-18(11-16)28(29)30/h3-12,22,24H,13H2,1-2H3/t22-,24-/m1/s1. The van der Waals surface area contributed by atoms with Gasteiger partial charge in [0.25, 0.3) is 5.69 Å². The highest BCUT2D eigenvalue weighted by Gasteiger charge is 2.41. The first-order valence-electron chi connectivity index (χ1n) is 10.0. The van der Waals surface area contributed by atoms with Crippen molar-refractivity contribution < 1.29 is 9.66 Å². The molecule has 0 radical (unpaired) electrons. The van der Waals surface area contributed by atoms with Crippen molar-refractivity contribution in [2.75, 3.05) is 0 Å². The Hall–Kier alpha value is -3.19. The molecule has 0 fully saturated rings. The summed E-state index contributed by atoms with van der Waals surface area (Å²) < 4.78 is 7.31. The molecule has 0 unspecified atom stereocenters. The number of ether oxygens (including phenoxy) is 1. The second-order valence-corrected chi connectivity index (χ2v) is 8.89. The fourth-order valence-electron chi connectivity index (χ4n) is 4.28. The summed E-state index contributed by atoms with van der Waals surface area (Å²) in [6, 6.07) is 18.9. The van der Waals surface area contributed by atoms with E-state index in [1.54, 1.807) is 12.1 Å². The smallest absolute Gasteiger partial charge is 0.269 e. The monoisotopic (exact) mass is 477 g/mol. The van der Waals surface area contributed by atoms with Gasteiger partial charge < -0.3 is 4.74 Å². The minimum absolute atomic E-state index is 0.0135. The molecule has 0 amide bonds. The minimum Gasteiger partial charge on any atom is -0.464 e. The van der Waals surface area contributed by atoms with E-state index in [-0.39, 0.29) is 16.7 Å². The second-order valence-electron chi connectivity index (χ2n) is 7.97. The van der Waals surface area contributed by atoms with Crippen LogP contribution in [-0.4, -0.2) is 15.6 Å². The van der Waals surface area contributed by atoms with Gasteiger partial charge in [0.2, 0.25) is 6.23 Å². The average molecular weight is 478 g/mol. The van der Waals surface area contributed by atoms with Crippen LogP contribution in [-0.2, 0) is 0 Å². The van der Waals surface area contributed by atoms with Crippen LogP contribution in [0.15, 0.2) is 70.2 Å². The molecule has 0 spiro atoms. The Morgan fingerprint density at radius 2 is 1.97 bits per heavy atom. The lowest BCUT2D eigenvalue weighted by molar-refractivity contribution is -0.385. The molecule has 5 rings (SSSR count). The van der Waals surface area contributed by atoms with Crippen LogP contribution in [0.5, 0.6) is 5.75 Å². The molecule has 6 nitrogen and oxygen atoms in total. The number of halogens is 1. The third-order valence-corrected chi connectivity index (χ3v) is 6.32. The number of hydrogen-bond donors (Lipinski definition) is 0. The van der Waals surface area contributed by atoms with Crippen molar-refractivity contribution in [2.45, 2.75) is 32.5 Å². The Labute approximate surface area is 188 Å². The van der Waals surface area contributed by atoms with Gasteiger partial charge in [-0.1, -0.05) is 45.8 Å². The van der Waals surface area contributed by atoms with Gasteiger partial charge in [0.1, 0.15) is 5.75 Å². The van der Waals surface area contributed by atoms with Crippen molar-refractivity contribution in [3.63, 3.8) is 0 Å².